The zero-order chi connectivity index (χ0) is 23.4. The minimum absolute atomic E-state index is 0.145. The summed E-state index contributed by atoms with van der Waals surface area (Å²) in [7, 11) is 0. The number of hydrogen-bond acceptors (Lipinski definition) is 5. The van der Waals surface area contributed by atoms with E-state index < -0.39 is 5.97 Å². The number of imide groups is 1. The molecule has 1 saturated heterocycles. The number of amides is 2. The predicted molar refractivity (Wildman–Crippen MR) is 129 cm³/mol. The summed E-state index contributed by atoms with van der Waals surface area (Å²) in [6.07, 6.45) is 0.874. The van der Waals surface area contributed by atoms with Crippen LogP contribution in [0.15, 0.2) is 48.5 Å². The average molecular weight is 575 g/mol. The number of carbonyl (C=O) groups excluding carboxylic acids is 4. The number of rotatable bonds is 5. The minimum atomic E-state index is -0.639. The molecule has 5 rings (SSSR count). The molecule has 8 heteroatoms. The Hall–Kier alpha value is -2.32. The second-order valence-electron chi connectivity index (χ2n) is 8.93. The summed E-state index contributed by atoms with van der Waals surface area (Å²) < 4.78 is 5.16. The van der Waals surface area contributed by atoms with E-state index in [1.54, 1.807) is 24.3 Å². The van der Waals surface area contributed by atoms with E-state index in [1.807, 2.05) is 19.1 Å². The molecule has 6 nitrogen and oxygen atoms in total. The molecule has 0 aromatic heterocycles. The smallest absolute Gasteiger partial charge is 0.338 e. The van der Waals surface area contributed by atoms with Crippen molar-refractivity contribution < 1.29 is 23.9 Å². The van der Waals surface area contributed by atoms with Crippen LogP contribution in [0.4, 0.5) is 5.69 Å². The minimum Gasteiger partial charge on any atom is -0.454 e. The Morgan fingerprint density at radius 2 is 1.39 bits per heavy atom. The number of nitrogens with zero attached hydrogens (tertiary/aromatic N) is 1. The van der Waals surface area contributed by atoms with Gasteiger partial charge in [0, 0.05) is 15.2 Å². The van der Waals surface area contributed by atoms with E-state index in [4.69, 9.17) is 4.74 Å². The first-order chi connectivity index (χ1) is 15.8. The third kappa shape index (κ3) is 3.67. The first-order valence-electron chi connectivity index (χ1n) is 10.8. The molecule has 0 spiro atoms. The molecule has 0 unspecified atom stereocenters. The first kappa shape index (κ1) is 22.5. The monoisotopic (exact) mass is 573 g/mol. The number of anilines is 1. The van der Waals surface area contributed by atoms with Crippen molar-refractivity contribution in [2.75, 3.05) is 11.5 Å². The largest absolute Gasteiger partial charge is 0.454 e. The van der Waals surface area contributed by atoms with Crippen LogP contribution in [0.1, 0.15) is 32.7 Å². The third-order valence-corrected chi connectivity index (χ3v) is 10.3. The van der Waals surface area contributed by atoms with Crippen LogP contribution in [0, 0.1) is 30.6 Å². The van der Waals surface area contributed by atoms with Crippen molar-refractivity contribution in [2.24, 2.45) is 23.7 Å². The van der Waals surface area contributed by atoms with Gasteiger partial charge in [-0.15, -0.1) is 0 Å². The van der Waals surface area contributed by atoms with E-state index >= 15 is 0 Å². The van der Waals surface area contributed by atoms with E-state index in [9.17, 15) is 19.2 Å². The fourth-order valence-corrected chi connectivity index (χ4v) is 7.26. The molecular formula is C25H21Br2NO5. The molecule has 2 aliphatic carbocycles. The summed E-state index contributed by atoms with van der Waals surface area (Å²) in [5.74, 6) is -1.56. The maximum Gasteiger partial charge on any atom is 0.338 e. The highest BCUT2D eigenvalue weighted by atomic mass is 79.9. The summed E-state index contributed by atoms with van der Waals surface area (Å²) >= 11 is 7.37. The van der Waals surface area contributed by atoms with Crippen molar-refractivity contribution in [3.63, 3.8) is 0 Å². The van der Waals surface area contributed by atoms with Crippen LogP contribution in [0.25, 0.3) is 0 Å². The zero-order valence-corrected chi connectivity index (χ0v) is 20.9. The fraction of sp³-hybridized carbons (Fsp3) is 0.360. The van der Waals surface area contributed by atoms with Crippen LogP contribution in [0.5, 0.6) is 0 Å². The summed E-state index contributed by atoms with van der Waals surface area (Å²) in [5, 5.41) is 0. The van der Waals surface area contributed by atoms with Crippen LogP contribution in [-0.2, 0) is 14.3 Å². The van der Waals surface area contributed by atoms with E-state index in [1.165, 1.54) is 17.0 Å². The number of halogens is 2. The zero-order valence-electron chi connectivity index (χ0n) is 17.7. The maximum absolute atomic E-state index is 13.1. The van der Waals surface area contributed by atoms with Gasteiger partial charge in [0.15, 0.2) is 12.4 Å². The van der Waals surface area contributed by atoms with Crippen molar-refractivity contribution in [1.82, 2.24) is 0 Å². The van der Waals surface area contributed by atoms with Crippen LogP contribution < -0.4 is 4.90 Å². The molecule has 1 heterocycles. The van der Waals surface area contributed by atoms with E-state index in [2.05, 4.69) is 31.9 Å². The van der Waals surface area contributed by atoms with Crippen molar-refractivity contribution in [3.8, 4) is 0 Å². The molecule has 170 valence electrons. The third-order valence-electron chi connectivity index (χ3n) is 7.06. The summed E-state index contributed by atoms with van der Waals surface area (Å²) in [5.41, 5.74) is 2.21. The summed E-state index contributed by atoms with van der Waals surface area (Å²) in [6, 6.07) is 13.2. The molecule has 2 bridgehead atoms. The number of aryl methyl sites for hydroxylation is 1. The molecule has 33 heavy (non-hydrogen) atoms. The van der Waals surface area contributed by atoms with Crippen LogP contribution in [-0.4, -0.2) is 39.8 Å². The van der Waals surface area contributed by atoms with Crippen LogP contribution >= 0.6 is 31.9 Å². The highest BCUT2D eigenvalue weighted by Gasteiger charge is 2.66. The summed E-state index contributed by atoms with van der Waals surface area (Å²) in [6.45, 7) is 1.56. The lowest BCUT2D eigenvalue weighted by molar-refractivity contribution is -0.123. The normalized spacial score (nSPS) is 30.0. The topological polar surface area (TPSA) is 80.8 Å². The van der Waals surface area contributed by atoms with Gasteiger partial charge in [-0.05, 0) is 49.4 Å². The van der Waals surface area contributed by atoms with Gasteiger partial charge in [0.2, 0.25) is 11.8 Å². The van der Waals surface area contributed by atoms with E-state index in [0.29, 0.717) is 11.3 Å². The number of alkyl halides is 2. The Kier molecular flexibility index (Phi) is 5.77. The number of esters is 1. The van der Waals surface area contributed by atoms with Crippen LogP contribution in [0.3, 0.4) is 0 Å². The molecule has 3 fully saturated rings. The Morgan fingerprint density at radius 3 is 1.94 bits per heavy atom. The molecule has 2 amide bonds. The van der Waals surface area contributed by atoms with Crippen molar-refractivity contribution >= 4 is 61.1 Å². The second-order valence-corrected chi connectivity index (χ2v) is 11.0. The summed E-state index contributed by atoms with van der Waals surface area (Å²) in [4.78, 5) is 52.5. The second kappa shape index (κ2) is 8.47. The molecule has 2 saturated carbocycles. The van der Waals surface area contributed by atoms with E-state index in [-0.39, 0.29) is 63.1 Å². The van der Waals surface area contributed by atoms with Crippen molar-refractivity contribution in [3.05, 3.63) is 65.2 Å². The Balaban J connectivity index is 1.26. The molecule has 2 aromatic rings. The number of benzene rings is 2. The maximum atomic E-state index is 13.1. The number of ether oxygens (including phenoxy) is 1. The van der Waals surface area contributed by atoms with Crippen molar-refractivity contribution in [1.29, 1.82) is 0 Å². The Morgan fingerprint density at radius 1 is 0.879 bits per heavy atom. The first-order valence-corrected chi connectivity index (χ1v) is 12.6. The van der Waals surface area contributed by atoms with Gasteiger partial charge < -0.3 is 4.74 Å². The lowest BCUT2D eigenvalue weighted by Gasteiger charge is -2.28. The van der Waals surface area contributed by atoms with Gasteiger partial charge in [0.1, 0.15) is 0 Å². The average Bonchev–Trinajstić information content (AvgIpc) is 3.42. The molecule has 3 aliphatic rings. The quantitative estimate of drug-likeness (QED) is 0.230. The molecule has 6 atom stereocenters. The van der Waals surface area contributed by atoms with Gasteiger partial charge in [-0.25, -0.2) is 4.79 Å². The predicted octanol–water partition coefficient (Wildman–Crippen LogP) is 4.32. The lowest BCUT2D eigenvalue weighted by atomic mass is 9.81. The molecular weight excluding hydrogens is 554 g/mol. The van der Waals surface area contributed by atoms with Gasteiger partial charge in [0.25, 0.3) is 0 Å². The Labute approximate surface area is 207 Å². The SMILES string of the molecule is Cc1ccc(C(=O)COC(=O)c2ccc(N3C(=O)[C@@H]4[C@H]5C[C@@H]([C@H](Br)[C@H]5Br)[C@@H]4C3=O)cc2)cc1. The van der Waals surface area contributed by atoms with Gasteiger partial charge >= 0.3 is 5.97 Å². The molecule has 0 radical (unpaired) electrons. The number of carbonyl (C=O) groups is 4. The molecule has 0 N–H and O–H groups in total. The number of hydrogen-bond donors (Lipinski definition) is 0. The molecule has 2 aromatic carbocycles. The van der Waals surface area contributed by atoms with Crippen molar-refractivity contribution in [2.45, 2.75) is 23.0 Å². The van der Waals surface area contributed by atoms with Crippen LogP contribution in [0.2, 0.25) is 0 Å². The molecule has 1 aliphatic heterocycles. The Bertz CT molecular complexity index is 1110. The van der Waals surface area contributed by atoms with Gasteiger partial charge in [-0.2, -0.15) is 0 Å². The van der Waals surface area contributed by atoms with Gasteiger partial charge in [-0.3, -0.25) is 19.3 Å². The number of Topliss-reactive ketones (excluding diaryl/α,β-unsaturated/α-hetero) is 1. The van der Waals surface area contributed by atoms with Gasteiger partial charge in [-0.1, -0.05) is 61.7 Å². The highest BCUT2D eigenvalue weighted by Crippen LogP contribution is 2.60. The van der Waals surface area contributed by atoms with E-state index in [0.717, 1.165) is 12.0 Å². The number of fused-ring (bicyclic) bond motifs is 5. The standard InChI is InChI=1S/C25H21Br2NO5/c1-12-2-4-13(5-3-12)18(29)11-33-25(32)14-6-8-15(9-7-14)28-23(30)19-16-10-17(20(19)24(28)31)22(27)21(16)26/h2-9,16-17,19-22H,10-11H2,1H3/t16-,17-,19-,20+,21+,22+/m1/s1. The number of ketones is 1. The highest BCUT2D eigenvalue weighted by molar-refractivity contribution is 9.12. The van der Waals surface area contributed by atoms with Gasteiger partial charge in [0.05, 0.1) is 23.1 Å². The fourth-order valence-electron chi connectivity index (χ4n) is 5.39. The lowest BCUT2D eigenvalue weighted by Crippen LogP contribution is -2.37.